The number of amides is 1. The van der Waals surface area contributed by atoms with Gasteiger partial charge in [-0.2, -0.15) is 0 Å². The fourth-order valence-electron chi connectivity index (χ4n) is 3.91. The fourth-order valence-corrected chi connectivity index (χ4v) is 4.82. The van der Waals surface area contributed by atoms with Crippen molar-refractivity contribution >= 4 is 17.2 Å². The van der Waals surface area contributed by atoms with Crippen LogP contribution in [0.5, 0.6) is 5.75 Å². The second-order valence-corrected chi connectivity index (χ2v) is 8.69. The maximum absolute atomic E-state index is 12.7. The van der Waals surface area contributed by atoms with E-state index in [0.717, 1.165) is 29.5 Å². The third-order valence-corrected chi connectivity index (χ3v) is 6.84. The number of hydrogen-bond acceptors (Lipinski definition) is 4. The van der Waals surface area contributed by atoms with Crippen molar-refractivity contribution < 1.29 is 14.6 Å². The van der Waals surface area contributed by atoms with E-state index in [9.17, 15) is 9.90 Å². The zero-order chi connectivity index (χ0) is 21.1. The SMILES string of the molecule is CCc1ccc(-c2ccc([C@H](CO)NC(=O)[C@H]3C[C@@H]3c3cccs3)c(OC)c2)cc1. The summed E-state index contributed by atoms with van der Waals surface area (Å²) in [5.41, 5.74) is 4.24. The number of aliphatic hydroxyl groups is 1. The van der Waals surface area contributed by atoms with Crippen LogP contribution in [0.25, 0.3) is 11.1 Å². The van der Waals surface area contributed by atoms with Gasteiger partial charge < -0.3 is 15.2 Å². The standard InChI is InChI=1S/C25H27NO3S/c1-3-16-6-8-17(9-7-16)18-10-11-19(23(13-18)29-2)22(15-27)26-25(28)21-14-20(21)24-5-4-12-30-24/h4-13,20-22,27H,3,14-15H2,1-2H3,(H,26,28)/t20-,21-,22-/m0/s1. The van der Waals surface area contributed by atoms with Gasteiger partial charge in [0.25, 0.3) is 0 Å². The van der Waals surface area contributed by atoms with Crippen LogP contribution >= 0.6 is 11.3 Å². The molecule has 1 aliphatic carbocycles. The van der Waals surface area contributed by atoms with Crippen molar-refractivity contribution in [3.63, 3.8) is 0 Å². The van der Waals surface area contributed by atoms with E-state index in [1.54, 1.807) is 18.4 Å². The summed E-state index contributed by atoms with van der Waals surface area (Å²) in [6.07, 6.45) is 1.88. The molecule has 4 rings (SSSR count). The lowest BCUT2D eigenvalue weighted by atomic mass is 9.98. The van der Waals surface area contributed by atoms with Crippen LogP contribution < -0.4 is 10.1 Å². The third-order valence-electron chi connectivity index (χ3n) is 5.84. The van der Waals surface area contributed by atoms with Crippen molar-refractivity contribution in [2.24, 2.45) is 5.92 Å². The number of aryl methyl sites for hydroxylation is 1. The predicted molar refractivity (Wildman–Crippen MR) is 121 cm³/mol. The van der Waals surface area contributed by atoms with Crippen LogP contribution in [-0.4, -0.2) is 24.7 Å². The van der Waals surface area contributed by atoms with Crippen LogP contribution in [0.3, 0.4) is 0 Å². The number of carbonyl (C=O) groups is 1. The lowest BCUT2D eigenvalue weighted by molar-refractivity contribution is -0.123. The number of thiophene rings is 1. The van der Waals surface area contributed by atoms with E-state index >= 15 is 0 Å². The Bertz CT molecular complexity index is 998. The van der Waals surface area contributed by atoms with Crippen molar-refractivity contribution in [2.45, 2.75) is 31.7 Å². The molecule has 0 aliphatic heterocycles. The number of rotatable bonds is 8. The average Bonchev–Trinajstić information content (AvgIpc) is 3.41. The largest absolute Gasteiger partial charge is 0.496 e. The van der Waals surface area contributed by atoms with E-state index in [1.165, 1.54) is 10.4 Å². The topological polar surface area (TPSA) is 58.6 Å². The second-order valence-electron chi connectivity index (χ2n) is 7.72. The van der Waals surface area contributed by atoms with Crippen LogP contribution in [0.15, 0.2) is 60.0 Å². The van der Waals surface area contributed by atoms with Crippen LogP contribution in [0.2, 0.25) is 0 Å². The molecular weight excluding hydrogens is 394 g/mol. The molecule has 5 heteroatoms. The molecule has 3 atom stereocenters. The average molecular weight is 422 g/mol. The summed E-state index contributed by atoms with van der Waals surface area (Å²) in [5.74, 6) is 0.950. The van der Waals surface area contributed by atoms with E-state index in [2.05, 4.69) is 42.6 Å². The van der Waals surface area contributed by atoms with Crippen LogP contribution in [-0.2, 0) is 11.2 Å². The Kier molecular flexibility index (Phi) is 6.21. The zero-order valence-corrected chi connectivity index (χ0v) is 18.1. The summed E-state index contributed by atoms with van der Waals surface area (Å²) < 4.78 is 5.61. The van der Waals surface area contributed by atoms with Crippen LogP contribution in [0.1, 0.15) is 41.3 Å². The molecule has 156 valence electrons. The van der Waals surface area contributed by atoms with Crippen molar-refractivity contribution in [1.29, 1.82) is 0 Å². The molecule has 0 unspecified atom stereocenters. The number of aliphatic hydroxyl groups excluding tert-OH is 1. The summed E-state index contributed by atoms with van der Waals surface area (Å²) in [6.45, 7) is 1.96. The van der Waals surface area contributed by atoms with Gasteiger partial charge in [0.2, 0.25) is 5.91 Å². The molecule has 0 spiro atoms. The summed E-state index contributed by atoms with van der Waals surface area (Å²) >= 11 is 1.69. The predicted octanol–water partition coefficient (Wildman–Crippen LogP) is 4.94. The van der Waals surface area contributed by atoms with Crippen LogP contribution in [0.4, 0.5) is 0 Å². The van der Waals surface area contributed by atoms with Gasteiger partial charge in [0, 0.05) is 22.3 Å². The minimum absolute atomic E-state index is 0.00580. The highest BCUT2D eigenvalue weighted by atomic mass is 32.1. The van der Waals surface area contributed by atoms with E-state index in [4.69, 9.17) is 4.74 Å². The van der Waals surface area contributed by atoms with Crippen molar-refractivity contribution in [3.05, 3.63) is 76.0 Å². The number of carbonyl (C=O) groups excluding carboxylic acids is 1. The van der Waals surface area contributed by atoms with E-state index in [-0.39, 0.29) is 18.4 Å². The lowest BCUT2D eigenvalue weighted by Crippen LogP contribution is -2.32. The number of ether oxygens (including phenoxy) is 1. The first-order valence-corrected chi connectivity index (χ1v) is 11.2. The molecular formula is C25H27NO3S. The molecule has 1 aliphatic rings. The van der Waals surface area contributed by atoms with Gasteiger partial charge in [-0.3, -0.25) is 4.79 Å². The first kappa shape index (κ1) is 20.6. The Morgan fingerprint density at radius 2 is 1.97 bits per heavy atom. The molecule has 2 aromatic carbocycles. The highest BCUT2D eigenvalue weighted by Gasteiger charge is 2.45. The quantitative estimate of drug-likeness (QED) is 0.542. The molecule has 0 saturated heterocycles. The van der Waals surface area contributed by atoms with Gasteiger partial charge in [0.05, 0.1) is 19.8 Å². The third kappa shape index (κ3) is 4.27. The fraction of sp³-hybridized carbons (Fsp3) is 0.320. The van der Waals surface area contributed by atoms with E-state index in [0.29, 0.717) is 11.7 Å². The van der Waals surface area contributed by atoms with Gasteiger partial charge in [0.15, 0.2) is 0 Å². The smallest absolute Gasteiger partial charge is 0.224 e. The zero-order valence-electron chi connectivity index (χ0n) is 17.3. The van der Waals surface area contributed by atoms with Gasteiger partial charge in [-0.15, -0.1) is 11.3 Å². The minimum Gasteiger partial charge on any atom is -0.496 e. The number of benzene rings is 2. The highest BCUT2D eigenvalue weighted by Crippen LogP contribution is 2.49. The summed E-state index contributed by atoms with van der Waals surface area (Å²) in [5, 5.41) is 15.0. The monoisotopic (exact) mass is 421 g/mol. The summed E-state index contributed by atoms with van der Waals surface area (Å²) in [6, 6.07) is 18.0. The maximum Gasteiger partial charge on any atom is 0.224 e. The first-order valence-electron chi connectivity index (χ1n) is 10.4. The molecule has 4 nitrogen and oxygen atoms in total. The Hall–Kier alpha value is -2.63. The Morgan fingerprint density at radius 3 is 2.60 bits per heavy atom. The van der Waals surface area contributed by atoms with Gasteiger partial charge >= 0.3 is 0 Å². The van der Waals surface area contributed by atoms with Crippen molar-refractivity contribution in [3.8, 4) is 16.9 Å². The van der Waals surface area contributed by atoms with Crippen molar-refractivity contribution in [1.82, 2.24) is 5.32 Å². The van der Waals surface area contributed by atoms with Crippen molar-refractivity contribution in [2.75, 3.05) is 13.7 Å². The highest BCUT2D eigenvalue weighted by molar-refractivity contribution is 7.10. The van der Waals surface area contributed by atoms with Gasteiger partial charge in [-0.05, 0) is 47.0 Å². The minimum atomic E-state index is -0.492. The van der Waals surface area contributed by atoms with Gasteiger partial charge in [-0.1, -0.05) is 49.4 Å². The second kappa shape index (κ2) is 9.02. The lowest BCUT2D eigenvalue weighted by Gasteiger charge is -2.20. The Labute approximate surface area is 181 Å². The maximum atomic E-state index is 12.7. The Morgan fingerprint density at radius 1 is 1.20 bits per heavy atom. The van der Waals surface area contributed by atoms with E-state index in [1.807, 2.05) is 29.6 Å². The molecule has 1 saturated carbocycles. The first-order chi connectivity index (χ1) is 14.6. The molecule has 1 amide bonds. The molecule has 0 radical (unpaired) electrons. The molecule has 1 heterocycles. The number of hydrogen-bond donors (Lipinski definition) is 2. The summed E-state index contributed by atoms with van der Waals surface area (Å²) in [7, 11) is 1.62. The molecule has 1 aromatic heterocycles. The molecule has 0 bridgehead atoms. The molecule has 1 fully saturated rings. The van der Waals surface area contributed by atoms with Gasteiger partial charge in [0.1, 0.15) is 5.75 Å². The Balaban J connectivity index is 1.50. The van der Waals surface area contributed by atoms with Gasteiger partial charge in [-0.25, -0.2) is 0 Å². The molecule has 3 aromatic rings. The summed E-state index contributed by atoms with van der Waals surface area (Å²) in [4.78, 5) is 14.0. The normalized spacial score (nSPS) is 18.6. The number of nitrogens with one attached hydrogen (secondary N) is 1. The number of methoxy groups -OCH3 is 1. The van der Waals surface area contributed by atoms with E-state index < -0.39 is 6.04 Å². The molecule has 2 N–H and O–H groups in total. The molecule has 30 heavy (non-hydrogen) atoms. The van der Waals surface area contributed by atoms with Crippen LogP contribution in [0, 0.1) is 5.92 Å².